The van der Waals surface area contributed by atoms with Crippen molar-refractivity contribution in [2.45, 2.75) is 31.3 Å². The van der Waals surface area contributed by atoms with Gasteiger partial charge in [-0.3, -0.25) is 9.59 Å². The number of anilines is 1. The van der Waals surface area contributed by atoms with E-state index in [0.29, 0.717) is 6.67 Å². The van der Waals surface area contributed by atoms with Gasteiger partial charge in [0, 0.05) is 5.69 Å². The Morgan fingerprint density at radius 2 is 1.59 bits per heavy atom. The van der Waals surface area contributed by atoms with E-state index in [1.807, 2.05) is 60.7 Å². The summed E-state index contributed by atoms with van der Waals surface area (Å²) in [5.41, 5.74) is 1.33. The molecule has 2 aliphatic heterocycles. The van der Waals surface area contributed by atoms with Gasteiger partial charge in [0.2, 0.25) is 0 Å². The quantitative estimate of drug-likeness (QED) is 0.908. The van der Waals surface area contributed by atoms with Crippen molar-refractivity contribution in [2.24, 2.45) is 0 Å². The van der Waals surface area contributed by atoms with E-state index < -0.39 is 11.6 Å². The first-order valence-electron chi connectivity index (χ1n) is 9.53. The minimum atomic E-state index is -0.574. The van der Waals surface area contributed by atoms with Crippen molar-refractivity contribution in [2.75, 3.05) is 24.7 Å². The fraction of sp³-hybridized carbons (Fsp3) is 0.364. The molecule has 0 bridgehead atoms. The van der Waals surface area contributed by atoms with Crippen LogP contribution in [0.5, 0.6) is 0 Å². The van der Waals surface area contributed by atoms with E-state index in [1.165, 1.54) is 0 Å². The molecule has 1 N–H and O–H groups in total. The Morgan fingerprint density at radius 3 is 2.19 bits per heavy atom. The summed E-state index contributed by atoms with van der Waals surface area (Å²) in [5.74, 6) is 0.0606. The molecule has 5 nitrogen and oxygen atoms in total. The third kappa shape index (κ3) is 3.02. The Balaban J connectivity index is 1.76. The van der Waals surface area contributed by atoms with Gasteiger partial charge in [-0.05, 0) is 50.6 Å². The number of nitrogens with zero attached hydrogens (tertiary/aromatic N) is 2. The molecule has 2 saturated heterocycles. The van der Waals surface area contributed by atoms with E-state index in [4.69, 9.17) is 0 Å². The zero-order valence-corrected chi connectivity index (χ0v) is 15.6. The molecular formula is C22H25N3O2. The second-order valence-corrected chi connectivity index (χ2v) is 7.39. The number of carbonyl (C=O) groups is 2. The summed E-state index contributed by atoms with van der Waals surface area (Å²) in [6.07, 6.45) is 1.49. The molecule has 0 aromatic heterocycles. The van der Waals surface area contributed by atoms with E-state index in [2.05, 4.69) is 10.2 Å². The number of Topliss-reactive ketones (excluding diaryl/α,β-unsaturated/α-hetero) is 1. The monoisotopic (exact) mass is 363 g/mol. The smallest absolute Gasteiger partial charge is 0.250 e. The maximum atomic E-state index is 13.7. The lowest BCUT2D eigenvalue weighted by Crippen LogP contribution is -2.55. The van der Waals surface area contributed by atoms with Crippen LogP contribution < -0.4 is 10.2 Å². The predicted molar refractivity (Wildman–Crippen MR) is 105 cm³/mol. The Kier molecular flexibility index (Phi) is 4.70. The van der Waals surface area contributed by atoms with Gasteiger partial charge in [-0.2, -0.15) is 0 Å². The van der Waals surface area contributed by atoms with Gasteiger partial charge in [-0.25, -0.2) is 0 Å². The summed E-state index contributed by atoms with van der Waals surface area (Å²) in [6.45, 7) is 3.62. The lowest BCUT2D eigenvalue weighted by atomic mass is 9.86. The molecule has 0 saturated carbocycles. The second kappa shape index (κ2) is 7.16. The number of amides is 1. The fourth-order valence-corrected chi connectivity index (χ4v) is 4.46. The molecule has 2 heterocycles. The number of carbonyl (C=O) groups excluding carboxylic acids is 2. The maximum absolute atomic E-state index is 13.7. The lowest BCUT2D eigenvalue weighted by molar-refractivity contribution is -0.139. The first-order chi connectivity index (χ1) is 13.1. The summed E-state index contributed by atoms with van der Waals surface area (Å²) in [4.78, 5) is 30.2. The van der Waals surface area contributed by atoms with Crippen molar-refractivity contribution >= 4 is 17.4 Å². The third-order valence-corrected chi connectivity index (χ3v) is 5.78. The van der Waals surface area contributed by atoms with E-state index in [0.717, 1.165) is 37.2 Å². The van der Waals surface area contributed by atoms with Crippen LogP contribution in [0.15, 0.2) is 60.7 Å². The molecule has 5 heteroatoms. The summed E-state index contributed by atoms with van der Waals surface area (Å²) < 4.78 is 0. The largest absolute Gasteiger partial charge is 0.339 e. The van der Waals surface area contributed by atoms with E-state index >= 15 is 0 Å². The zero-order chi connectivity index (χ0) is 18.9. The average molecular weight is 363 g/mol. The Labute approximate surface area is 160 Å². The van der Waals surface area contributed by atoms with Crippen LogP contribution in [0.4, 0.5) is 5.69 Å². The van der Waals surface area contributed by atoms with E-state index in [-0.39, 0.29) is 11.7 Å². The molecule has 140 valence electrons. The maximum Gasteiger partial charge on any atom is 0.250 e. The molecule has 1 atom stereocenters. The Bertz CT molecular complexity index is 816. The van der Waals surface area contributed by atoms with Gasteiger partial charge in [0.25, 0.3) is 5.91 Å². The zero-order valence-electron chi connectivity index (χ0n) is 15.6. The van der Waals surface area contributed by atoms with Crippen molar-refractivity contribution in [3.05, 3.63) is 66.2 Å². The highest BCUT2D eigenvalue weighted by Crippen LogP contribution is 2.41. The van der Waals surface area contributed by atoms with Crippen LogP contribution in [0.1, 0.15) is 31.4 Å². The van der Waals surface area contributed by atoms with Crippen LogP contribution in [0.2, 0.25) is 0 Å². The fourth-order valence-electron chi connectivity index (χ4n) is 4.46. The first kappa shape index (κ1) is 17.7. The normalized spacial score (nSPS) is 20.1. The van der Waals surface area contributed by atoms with Crippen molar-refractivity contribution in [3.8, 4) is 0 Å². The summed E-state index contributed by atoms with van der Waals surface area (Å²) in [5, 5.41) is 3.36. The number of para-hydroxylation sites is 1. The van der Waals surface area contributed by atoms with Crippen molar-refractivity contribution in [1.29, 1.82) is 0 Å². The first-order valence-corrected chi connectivity index (χ1v) is 9.53. The molecule has 27 heavy (non-hydrogen) atoms. The molecular weight excluding hydrogens is 338 g/mol. The second-order valence-electron chi connectivity index (χ2n) is 7.39. The number of hydrogen-bond acceptors (Lipinski definition) is 4. The molecule has 0 radical (unpaired) electrons. The topological polar surface area (TPSA) is 52.7 Å². The summed E-state index contributed by atoms with van der Waals surface area (Å²) in [6, 6.07) is 19.2. The standard InChI is InChI=1S/C22H25N3O2/c1-17(26)20(18-8-4-2-5-9-18)24-16-25(19-10-6-3-7-11-19)22(21(24)27)12-14-23-15-13-22/h2-11,20,23H,12-16H2,1H3/t20-/m0/s1. The van der Waals surface area contributed by atoms with Gasteiger partial charge in [0.1, 0.15) is 11.6 Å². The number of hydrogen-bond donors (Lipinski definition) is 1. The molecule has 2 aliphatic rings. The molecule has 2 fully saturated rings. The third-order valence-electron chi connectivity index (χ3n) is 5.78. The van der Waals surface area contributed by atoms with Gasteiger partial charge >= 0.3 is 0 Å². The molecule has 2 aromatic rings. The van der Waals surface area contributed by atoms with Gasteiger partial charge in [-0.15, -0.1) is 0 Å². The highest BCUT2D eigenvalue weighted by molar-refractivity contribution is 5.97. The van der Waals surface area contributed by atoms with Gasteiger partial charge < -0.3 is 15.1 Å². The van der Waals surface area contributed by atoms with Gasteiger partial charge in [0.05, 0.1) is 6.67 Å². The van der Waals surface area contributed by atoms with Crippen molar-refractivity contribution < 1.29 is 9.59 Å². The van der Waals surface area contributed by atoms with Crippen LogP contribution in [0.25, 0.3) is 0 Å². The summed E-state index contributed by atoms with van der Waals surface area (Å²) in [7, 11) is 0. The van der Waals surface area contributed by atoms with Gasteiger partial charge in [0.15, 0.2) is 5.78 Å². The number of benzene rings is 2. The molecule has 2 aromatic carbocycles. The van der Waals surface area contributed by atoms with Crippen LogP contribution >= 0.6 is 0 Å². The number of rotatable bonds is 4. The van der Waals surface area contributed by atoms with Crippen LogP contribution in [0.3, 0.4) is 0 Å². The van der Waals surface area contributed by atoms with Crippen molar-refractivity contribution in [1.82, 2.24) is 10.2 Å². The molecule has 1 amide bonds. The highest BCUT2D eigenvalue weighted by atomic mass is 16.2. The van der Waals surface area contributed by atoms with Gasteiger partial charge in [-0.1, -0.05) is 48.5 Å². The molecule has 4 rings (SSSR count). The van der Waals surface area contributed by atoms with Crippen LogP contribution in [0, 0.1) is 0 Å². The van der Waals surface area contributed by atoms with Crippen LogP contribution in [-0.2, 0) is 9.59 Å². The number of ketones is 1. The van der Waals surface area contributed by atoms with E-state index in [9.17, 15) is 9.59 Å². The minimum Gasteiger partial charge on any atom is -0.339 e. The average Bonchev–Trinajstić information content (AvgIpc) is 2.96. The Morgan fingerprint density at radius 1 is 1.00 bits per heavy atom. The number of nitrogens with one attached hydrogen (secondary N) is 1. The molecule has 1 spiro atoms. The predicted octanol–water partition coefficient (Wildman–Crippen LogP) is 2.75. The Hall–Kier alpha value is -2.66. The van der Waals surface area contributed by atoms with Crippen LogP contribution in [-0.4, -0.2) is 41.9 Å². The lowest BCUT2D eigenvalue weighted by Gasteiger charge is -2.40. The molecule has 0 unspecified atom stereocenters. The molecule has 0 aliphatic carbocycles. The summed E-state index contributed by atoms with van der Waals surface area (Å²) >= 11 is 0. The van der Waals surface area contributed by atoms with E-state index in [1.54, 1.807) is 11.8 Å². The number of piperidine rings is 1. The van der Waals surface area contributed by atoms with Crippen molar-refractivity contribution in [3.63, 3.8) is 0 Å². The SMILES string of the molecule is CC(=O)[C@@H](c1ccccc1)N1CN(c2ccccc2)C2(CCNCC2)C1=O. The highest BCUT2D eigenvalue weighted by Gasteiger charge is 2.54. The minimum absolute atomic E-state index is 0.00598.